The number of aromatic nitrogens is 2. The molecule has 0 radical (unpaired) electrons. The minimum Gasteiger partial charge on any atom is -0.493 e. The summed E-state index contributed by atoms with van der Waals surface area (Å²) in [6, 6.07) is 17.1. The molecule has 0 bridgehead atoms. The molecular weight excluding hydrogens is 468 g/mol. The van der Waals surface area contributed by atoms with Crippen LogP contribution in [0.25, 0.3) is 11.0 Å². The molecule has 1 atom stereocenters. The van der Waals surface area contributed by atoms with E-state index in [1.54, 1.807) is 21.3 Å². The van der Waals surface area contributed by atoms with E-state index >= 15 is 0 Å². The van der Waals surface area contributed by atoms with E-state index in [0.717, 1.165) is 33.4 Å². The number of rotatable bonds is 6. The maximum absolute atomic E-state index is 14.0. The highest BCUT2D eigenvalue weighted by Crippen LogP contribution is 2.45. The van der Waals surface area contributed by atoms with E-state index in [1.807, 2.05) is 79.9 Å². The van der Waals surface area contributed by atoms with Gasteiger partial charge in [-0.3, -0.25) is 9.36 Å². The number of fused-ring (bicyclic) bond motifs is 3. The molecule has 1 amide bonds. The Labute approximate surface area is 215 Å². The number of methoxy groups -OCH3 is 3. The van der Waals surface area contributed by atoms with Gasteiger partial charge in [0.15, 0.2) is 11.5 Å². The predicted molar refractivity (Wildman–Crippen MR) is 145 cm³/mol. The monoisotopic (exact) mass is 498 g/mol. The third-order valence-corrected chi connectivity index (χ3v) is 6.71. The van der Waals surface area contributed by atoms with Gasteiger partial charge < -0.3 is 24.8 Å². The molecule has 8 heteroatoms. The highest BCUT2D eigenvalue weighted by Gasteiger charge is 2.35. The van der Waals surface area contributed by atoms with Gasteiger partial charge in [0.1, 0.15) is 0 Å². The molecule has 37 heavy (non-hydrogen) atoms. The SMILES string of the molecule is COc1cc([C@H]2C(C(=O)Nc3ccc(C)cc3C)=C(C)Nc3nc4ccccc4n32)cc(OC)c1OC. The molecule has 8 nitrogen and oxygen atoms in total. The normalized spacial score (nSPS) is 14.7. The summed E-state index contributed by atoms with van der Waals surface area (Å²) in [5, 5.41) is 6.48. The number of para-hydroxylation sites is 2. The van der Waals surface area contributed by atoms with Gasteiger partial charge in [0, 0.05) is 11.4 Å². The average Bonchev–Trinajstić information content (AvgIpc) is 3.26. The predicted octanol–water partition coefficient (Wildman–Crippen LogP) is 5.61. The van der Waals surface area contributed by atoms with Gasteiger partial charge in [-0.2, -0.15) is 0 Å². The molecule has 3 aromatic carbocycles. The van der Waals surface area contributed by atoms with Crippen LogP contribution in [-0.2, 0) is 4.79 Å². The van der Waals surface area contributed by atoms with Crippen molar-refractivity contribution in [3.63, 3.8) is 0 Å². The van der Waals surface area contributed by atoms with Crippen molar-refractivity contribution in [3.05, 3.63) is 82.6 Å². The number of hydrogen-bond acceptors (Lipinski definition) is 6. The maximum Gasteiger partial charge on any atom is 0.255 e. The van der Waals surface area contributed by atoms with Crippen molar-refractivity contribution in [2.45, 2.75) is 26.8 Å². The first-order valence-electron chi connectivity index (χ1n) is 12.0. The minimum atomic E-state index is -0.511. The number of benzene rings is 3. The fourth-order valence-electron chi connectivity index (χ4n) is 4.98. The number of amides is 1. The number of nitrogens with zero attached hydrogens (tertiary/aromatic N) is 2. The lowest BCUT2D eigenvalue weighted by Crippen LogP contribution is -2.31. The van der Waals surface area contributed by atoms with Gasteiger partial charge in [-0.05, 0) is 62.2 Å². The van der Waals surface area contributed by atoms with Crippen molar-refractivity contribution in [1.82, 2.24) is 9.55 Å². The molecule has 0 spiro atoms. The Hall–Kier alpha value is -4.46. The summed E-state index contributed by atoms with van der Waals surface area (Å²) in [7, 11) is 4.73. The van der Waals surface area contributed by atoms with E-state index in [-0.39, 0.29) is 5.91 Å². The standard InChI is InChI=1S/C29H30N4O4/c1-16-11-12-20(17(2)13-16)31-28(34)25-18(3)30-29-32-21-9-7-8-10-22(21)33(29)26(25)19-14-23(35-4)27(37-6)24(15-19)36-5/h7-15,26H,1-6H3,(H,30,32)(H,31,34)/t26-/m0/s1. The van der Waals surface area contributed by atoms with E-state index in [4.69, 9.17) is 19.2 Å². The van der Waals surface area contributed by atoms with Crippen molar-refractivity contribution >= 4 is 28.6 Å². The van der Waals surface area contributed by atoms with Gasteiger partial charge in [0.25, 0.3) is 5.91 Å². The van der Waals surface area contributed by atoms with Crippen LogP contribution < -0.4 is 24.8 Å². The van der Waals surface area contributed by atoms with Crippen LogP contribution in [0.3, 0.4) is 0 Å². The Morgan fingerprint density at radius 1 is 0.946 bits per heavy atom. The zero-order valence-electron chi connectivity index (χ0n) is 21.8. The number of allylic oxidation sites excluding steroid dienone is 1. The summed E-state index contributed by atoms with van der Waals surface area (Å²) >= 11 is 0. The van der Waals surface area contributed by atoms with Crippen LogP contribution in [0, 0.1) is 13.8 Å². The Kier molecular flexibility index (Phi) is 6.25. The van der Waals surface area contributed by atoms with Crippen molar-refractivity contribution in [2.75, 3.05) is 32.0 Å². The molecule has 190 valence electrons. The van der Waals surface area contributed by atoms with E-state index in [2.05, 4.69) is 10.6 Å². The van der Waals surface area contributed by atoms with E-state index in [1.165, 1.54) is 0 Å². The quantitative estimate of drug-likeness (QED) is 0.360. The summed E-state index contributed by atoms with van der Waals surface area (Å²) in [5.41, 5.74) is 6.68. The highest BCUT2D eigenvalue weighted by molar-refractivity contribution is 6.06. The van der Waals surface area contributed by atoms with Crippen molar-refractivity contribution in [1.29, 1.82) is 0 Å². The third-order valence-electron chi connectivity index (χ3n) is 6.71. The molecule has 2 N–H and O–H groups in total. The number of carbonyl (C=O) groups excluding carboxylic acids is 1. The molecule has 4 aromatic rings. The first-order chi connectivity index (χ1) is 17.9. The number of hydrogen-bond donors (Lipinski definition) is 2. The zero-order valence-corrected chi connectivity index (χ0v) is 21.8. The smallest absolute Gasteiger partial charge is 0.255 e. The van der Waals surface area contributed by atoms with Gasteiger partial charge in [-0.1, -0.05) is 29.8 Å². The number of anilines is 2. The second-order valence-electron chi connectivity index (χ2n) is 9.09. The molecule has 0 saturated carbocycles. The second-order valence-corrected chi connectivity index (χ2v) is 9.09. The summed E-state index contributed by atoms with van der Waals surface area (Å²) in [4.78, 5) is 18.8. The summed E-state index contributed by atoms with van der Waals surface area (Å²) in [5.74, 6) is 1.95. The van der Waals surface area contributed by atoms with Gasteiger partial charge in [0.05, 0.1) is 44.0 Å². The third kappa shape index (κ3) is 4.14. The van der Waals surface area contributed by atoms with Crippen molar-refractivity contribution in [2.24, 2.45) is 0 Å². The van der Waals surface area contributed by atoms with E-state index in [0.29, 0.717) is 34.5 Å². The molecule has 5 rings (SSSR count). The fourth-order valence-corrected chi connectivity index (χ4v) is 4.98. The lowest BCUT2D eigenvalue weighted by atomic mass is 9.93. The van der Waals surface area contributed by atoms with E-state index in [9.17, 15) is 4.79 Å². The fraction of sp³-hybridized carbons (Fsp3) is 0.241. The second kappa shape index (κ2) is 9.54. The first kappa shape index (κ1) is 24.2. The van der Waals surface area contributed by atoms with Gasteiger partial charge in [0.2, 0.25) is 11.7 Å². The zero-order chi connectivity index (χ0) is 26.3. The van der Waals surface area contributed by atoms with Crippen molar-refractivity contribution < 1.29 is 19.0 Å². The Morgan fingerprint density at radius 3 is 2.30 bits per heavy atom. The Morgan fingerprint density at radius 2 is 1.65 bits per heavy atom. The molecule has 2 heterocycles. The lowest BCUT2D eigenvalue weighted by Gasteiger charge is -2.31. The number of nitrogens with one attached hydrogen (secondary N) is 2. The molecule has 0 fully saturated rings. The van der Waals surface area contributed by atoms with E-state index < -0.39 is 6.04 Å². The Balaban J connectivity index is 1.72. The molecule has 0 aliphatic carbocycles. The van der Waals surface area contributed by atoms with Crippen LogP contribution in [0.1, 0.15) is 29.7 Å². The van der Waals surface area contributed by atoms with Gasteiger partial charge >= 0.3 is 0 Å². The topological polar surface area (TPSA) is 86.6 Å². The first-order valence-corrected chi connectivity index (χ1v) is 12.0. The molecule has 1 aliphatic rings. The molecule has 1 aliphatic heterocycles. The summed E-state index contributed by atoms with van der Waals surface area (Å²) < 4.78 is 18.9. The Bertz CT molecular complexity index is 1530. The summed E-state index contributed by atoms with van der Waals surface area (Å²) in [6.07, 6.45) is 0. The van der Waals surface area contributed by atoms with Crippen LogP contribution in [-0.4, -0.2) is 36.8 Å². The number of carbonyl (C=O) groups is 1. The number of ether oxygens (including phenoxy) is 3. The molecule has 0 unspecified atom stereocenters. The molecular formula is C29H30N4O4. The maximum atomic E-state index is 14.0. The van der Waals surface area contributed by atoms with Crippen LogP contribution in [0.5, 0.6) is 17.2 Å². The number of imidazole rings is 1. The van der Waals surface area contributed by atoms with Crippen LogP contribution in [0.15, 0.2) is 65.9 Å². The van der Waals surface area contributed by atoms with Gasteiger partial charge in [-0.15, -0.1) is 0 Å². The average molecular weight is 499 g/mol. The van der Waals surface area contributed by atoms with Gasteiger partial charge in [-0.25, -0.2) is 4.98 Å². The minimum absolute atomic E-state index is 0.209. The van der Waals surface area contributed by atoms with Crippen LogP contribution in [0.2, 0.25) is 0 Å². The number of aryl methyl sites for hydroxylation is 2. The summed E-state index contributed by atoms with van der Waals surface area (Å²) in [6.45, 7) is 5.91. The lowest BCUT2D eigenvalue weighted by molar-refractivity contribution is -0.113. The molecule has 1 aromatic heterocycles. The molecule has 0 saturated heterocycles. The highest BCUT2D eigenvalue weighted by atomic mass is 16.5. The van der Waals surface area contributed by atoms with Crippen molar-refractivity contribution in [3.8, 4) is 17.2 Å². The van der Waals surface area contributed by atoms with Crippen LogP contribution >= 0.6 is 0 Å². The largest absolute Gasteiger partial charge is 0.493 e. The van der Waals surface area contributed by atoms with Crippen LogP contribution in [0.4, 0.5) is 11.6 Å².